The van der Waals surface area contributed by atoms with Crippen LogP contribution in [0.4, 0.5) is 0 Å². The van der Waals surface area contributed by atoms with E-state index < -0.39 is 0 Å². The summed E-state index contributed by atoms with van der Waals surface area (Å²) in [4.78, 5) is 0. The van der Waals surface area contributed by atoms with Crippen LogP contribution in [0.15, 0.2) is 0 Å². The van der Waals surface area contributed by atoms with Crippen molar-refractivity contribution in [2.75, 3.05) is 19.7 Å². The van der Waals surface area contributed by atoms with E-state index in [1.165, 1.54) is 0 Å². The molecule has 2 fully saturated rings. The summed E-state index contributed by atoms with van der Waals surface area (Å²) < 4.78 is 5.85. The van der Waals surface area contributed by atoms with E-state index in [2.05, 4.69) is 18.3 Å². The molecule has 0 bridgehead atoms. The number of nitrogens with one attached hydrogen (secondary N) is 1. The van der Waals surface area contributed by atoms with Gasteiger partial charge in [0.2, 0.25) is 0 Å². The molecule has 0 amide bonds. The molecule has 0 aromatic carbocycles. The maximum absolute atomic E-state index is 8.76. The lowest BCUT2D eigenvalue weighted by Gasteiger charge is -2.24. The average molecular weight is 194 g/mol. The summed E-state index contributed by atoms with van der Waals surface area (Å²) in [5.41, 5.74) is 0.166. The van der Waals surface area contributed by atoms with Crippen LogP contribution in [0.2, 0.25) is 0 Å². The van der Waals surface area contributed by atoms with Crippen LogP contribution < -0.4 is 5.32 Å². The number of piperidine rings is 1. The van der Waals surface area contributed by atoms with Crippen molar-refractivity contribution < 1.29 is 4.74 Å². The Hall–Kier alpha value is -0.590. The van der Waals surface area contributed by atoms with E-state index in [-0.39, 0.29) is 11.3 Å². The molecular formula is C11H18N2O. The fraction of sp³-hybridized carbons (Fsp3) is 0.909. The first-order chi connectivity index (χ1) is 6.74. The molecule has 14 heavy (non-hydrogen) atoms. The molecule has 2 rings (SSSR count). The van der Waals surface area contributed by atoms with Crippen molar-refractivity contribution in [2.24, 2.45) is 11.3 Å². The fourth-order valence-corrected chi connectivity index (χ4v) is 2.04. The summed E-state index contributed by atoms with van der Waals surface area (Å²) in [6, 6.07) is 2.32. The highest BCUT2D eigenvalue weighted by molar-refractivity contribution is 5.10. The Balaban J connectivity index is 1.70. The zero-order valence-corrected chi connectivity index (χ0v) is 8.75. The smallest absolute Gasteiger partial charge is 0.0662 e. The van der Waals surface area contributed by atoms with E-state index in [0.29, 0.717) is 6.10 Å². The topological polar surface area (TPSA) is 45.0 Å². The maximum atomic E-state index is 8.76. The molecule has 78 valence electrons. The summed E-state index contributed by atoms with van der Waals surface area (Å²) in [5.74, 6) is 0.240. The number of nitrogens with zero attached hydrogens (tertiary/aromatic N) is 1. The lowest BCUT2D eigenvalue weighted by atomic mass is 10.1. The van der Waals surface area contributed by atoms with E-state index >= 15 is 0 Å². The highest BCUT2D eigenvalue weighted by Gasteiger charge is 2.50. The van der Waals surface area contributed by atoms with Gasteiger partial charge in [-0.3, -0.25) is 0 Å². The van der Waals surface area contributed by atoms with Crippen LogP contribution in [0.25, 0.3) is 0 Å². The van der Waals surface area contributed by atoms with Crippen molar-refractivity contribution in [3.05, 3.63) is 0 Å². The Labute approximate surface area is 85.4 Å². The third-order valence-electron chi connectivity index (χ3n) is 3.44. The Morgan fingerprint density at radius 3 is 2.79 bits per heavy atom. The molecule has 0 spiro atoms. The first-order valence-electron chi connectivity index (χ1n) is 5.46. The van der Waals surface area contributed by atoms with Crippen LogP contribution in [-0.2, 0) is 4.74 Å². The van der Waals surface area contributed by atoms with Gasteiger partial charge in [0.1, 0.15) is 0 Å². The first-order valence-corrected chi connectivity index (χ1v) is 5.46. The molecule has 0 aromatic heterocycles. The van der Waals surface area contributed by atoms with E-state index in [0.717, 1.165) is 39.0 Å². The van der Waals surface area contributed by atoms with Gasteiger partial charge in [0.25, 0.3) is 0 Å². The van der Waals surface area contributed by atoms with Gasteiger partial charge >= 0.3 is 0 Å². The first kappa shape index (κ1) is 9.95. The van der Waals surface area contributed by atoms with E-state index in [1.54, 1.807) is 0 Å². The number of nitriles is 1. The van der Waals surface area contributed by atoms with Crippen LogP contribution in [0.1, 0.15) is 26.2 Å². The van der Waals surface area contributed by atoms with Crippen LogP contribution in [0.5, 0.6) is 0 Å². The van der Waals surface area contributed by atoms with Crippen molar-refractivity contribution in [3.63, 3.8) is 0 Å². The Morgan fingerprint density at radius 1 is 1.50 bits per heavy atom. The monoisotopic (exact) mass is 194 g/mol. The zero-order chi connectivity index (χ0) is 10.0. The molecule has 1 aliphatic carbocycles. The van der Waals surface area contributed by atoms with Crippen molar-refractivity contribution in [1.29, 1.82) is 5.26 Å². The molecule has 1 N–H and O–H groups in total. The molecule has 1 aliphatic heterocycles. The van der Waals surface area contributed by atoms with Crippen molar-refractivity contribution in [3.8, 4) is 6.07 Å². The Morgan fingerprint density at radius 2 is 2.21 bits per heavy atom. The van der Waals surface area contributed by atoms with Gasteiger partial charge in [-0.05, 0) is 32.4 Å². The standard InChI is InChI=1S/C11H18N2O/c1-11(6-9(11)7-12)8-14-10-2-4-13-5-3-10/h9-10,13H,2-6,8H2,1H3. The van der Waals surface area contributed by atoms with Gasteiger partial charge in [0, 0.05) is 5.41 Å². The second-order valence-electron chi connectivity index (χ2n) is 4.80. The number of hydrogen-bond donors (Lipinski definition) is 1. The minimum atomic E-state index is 0.166. The van der Waals surface area contributed by atoms with E-state index in [9.17, 15) is 0 Å². The molecule has 1 saturated heterocycles. The van der Waals surface area contributed by atoms with Gasteiger partial charge < -0.3 is 10.1 Å². The minimum absolute atomic E-state index is 0.166. The van der Waals surface area contributed by atoms with Gasteiger partial charge in [0.05, 0.1) is 24.7 Å². The maximum Gasteiger partial charge on any atom is 0.0662 e. The summed E-state index contributed by atoms with van der Waals surface area (Å²) in [5, 5.41) is 12.1. The molecule has 1 saturated carbocycles. The minimum Gasteiger partial charge on any atom is -0.378 e. The quantitative estimate of drug-likeness (QED) is 0.736. The van der Waals surface area contributed by atoms with Gasteiger partial charge in [0.15, 0.2) is 0 Å². The fourth-order valence-electron chi connectivity index (χ4n) is 2.04. The average Bonchev–Trinajstić information content (AvgIpc) is 2.89. The van der Waals surface area contributed by atoms with Crippen LogP contribution >= 0.6 is 0 Å². The van der Waals surface area contributed by atoms with Gasteiger partial charge in [-0.1, -0.05) is 6.92 Å². The van der Waals surface area contributed by atoms with Crippen molar-refractivity contribution in [2.45, 2.75) is 32.3 Å². The van der Waals surface area contributed by atoms with Crippen LogP contribution in [-0.4, -0.2) is 25.8 Å². The molecule has 1 heterocycles. The second-order valence-corrected chi connectivity index (χ2v) is 4.80. The van der Waals surface area contributed by atoms with Gasteiger partial charge in [-0.15, -0.1) is 0 Å². The van der Waals surface area contributed by atoms with Crippen LogP contribution in [0.3, 0.4) is 0 Å². The number of rotatable bonds is 3. The molecular weight excluding hydrogens is 176 g/mol. The molecule has 2 atom stereocenters. The molecule has 2 aliphatic rings. The molecule has 2 unspecified atom stereocenters. The van der Waals surface area contributed by atoms with Crippen LogP contribution in [0, 0.1) is 22.7 Å². The zero-order valence-electron chi connectivity index (χ0n) is 8.75. The van der Waals surface area contributed by atoms with Gasteiger partial charge in [-0.25, -0.2) is 0 Å². The number of ether oxygens (including phenoxy) is 1. The third-order valence-corrected chi connectivity index (χ3v) is 3.44. The predicted molar refractivity (Wildman–Crippen MR) is 53.7 cm³/mol. The summed E-state index contributed by atoms with van der Waals surface area (Å²) in [6.07, 6.45) is 3.68. The summed E-state index contributed by atoms with van der Waals surface area (Å²) >= 11 is 0. The molecule has 0 aromatic rings. The van der Waals surface area contributed by atoms with Gasteiger partial charge in [-0.2, -0.15) is 5.26 Å². The highest BCUT2D eigenvalue weighted by Crippen LogP contribution is 2.51. The highest BCUT2D eigenvalue weighted by atomic mass is 16.5. The van der Waals surface area contributed by atoms with E-state index in [1.807, 2.05) is 0 Å². The lowest BCUT2D eigenvalue weighted by Crippen LogP contribution is -2.33. The largest absolute Gasteiger partial charge is 0.378 e. The van der Waals surface area contributed by atoms with Crippen molar-refractivity contribution >= 4 is 0 Å². The predicted octanol–water partition coefficient (Wildman–Crippen LogP) is 1.30. The molecule has 3 nitrogen and oxygen atoms in total. The third kappa shape index (κ3) is 2.08. The SMILES string of the molecule is CC1(COC2CCNCC2)CC1C#N. The van der Waals surface area contributed by atoms with E-state index in [4.69, 9.17) is 10.00 Å². The van der Waals surface area contributed by atoms with Crippen molar-refractivity contribution in [1.82, 2.24) is 5.32 Å². The Kier molecular flexibility index (Phi) is 2.76. The molecule has 0 radical (unpaired) electrons. The number of hydrogen-bond acceptors (Lipinski definition) is 3. The molecule has 3 heteroatoms. The Bertz CT molecular complexity index is 242. The lowest BCUT2D eigenvalue weighted by molar-refractivity contribution is 0.00739. The summed E-state index contributed by atoms with van der Waals surface area (Å²) in [7, 11) is 0. The second kappa shape index (κ2) is 3.88. The summed E-state index contributed by atoms with van der Waals surface area (Å²) in [6.45, 7) is 5.07. The normalized spacial score (nSPS) is 37.9.